The molecule has 2 N–H and O–H groups in total. The maximum Gasteiger partial charge on any atom is 0.323 e. The summed E-state index contributed by atoms with van der Waals surface area (Å²) in [4.78, 5) is 15.2. The number of hydrogen-bond donors (Lipinski definition) is 2. The van der Waals surface area contributed by atoms with Crippen LogP contribution in [0.25, 0.3) is 0 Å². The fraction of sp³-hybridized carbons (Fsp3) is 0.500. The number of aromatic nitrogens is 1. The second kappa shape index (κ2) is 5.92. The summed E-state index contributed by atoms with van der Waals surface area (Å²) >= 11 is 6.13. The fourth-order valence-corrected chi connectivity index (χ4v) is 2.32. The van der Waals surface area contributed by atoms with Gasteiger partial charge in [-0.3, -0.25) is 14.4 Å². The highest BCUT2D eigenvalue weighted by atomic mass is 32.1. The first-order valence-electron chi connectivity index (χ1n) is 5.06. The highest BCUT2D eigenvalue weighted by Gasteiger charge is 2.12. The predicted molar refractivity (Wildman–Crippen MR) is 69.7 cm³/mol. The van der Waals surface area contributed by atoms with Crippen LogP contribution in [0.4, 0.5) is 0 Å². The van der Waals surface area contributed by atoms with Gasteiger partial charge < -0.3 is 10.2 Å². The van der Waals surface area contributed by atoms with Crippen molar-refractivity contribution in [1.29, 1.82) is 0 Å². The quantitative estimate of drug-likeness (QED) is 0.637. The van der Waals surface area contributed by atoms with E-state index in [4.69, 9.17) is 17.3 Å². The van der Waals surface area contributed by atoms with Crippen molar-refractivity contribution in [2.24, 2.45) is 10.9 Å². The minimum absolute atomic E-state index is 0.130. The number of rotatable bonds is 5. The molecule has 0 spiro atoms. The molecule has 1 aromatic heterocycles. The third-order valence-electron chi connectivity index (χ3n) is 1.87. The molecule has 0 atom stereocenters. The number of aromatic hydroxyl groups is 1. The first-order chi connectivity index (χ1) is 7.91. The molecule has 0 fully saturated rings. The molecule has 0 saturated carbocycles. The molecule has 0 amide bonds. The van der Waals surface area contributed by atoms with Crippen molar-refractivity contribution in [3.8, 4) is 5.88 Å². The highest BCUT2D eigenvalue weighted by molar-refractivity contribution is 7.73. The molecule has 1 heterocycles. The number of carboxylic acids is 1. The van der Waals surface area contributed by atoms with Crippen molar-refractivity contribution >= 4 is 35.7 Å². The van der Waals surface area contributed by atoms with Crippen LogP contribution in [0.15, 0.2) is 4.99 Å². The van der Waals surface area contributed by atoms with Crippen molar-refractivity contribution in [1.82, 2.24) is 4.57 Å². The Morgan fingerprint density at radius 1 is 1.65 bits per heavy atom. The lowest BCUT2D eigenvalue weighted by atomic mass is 10.2. The van der Waals surface area contributed by atoms with E-state index in [1.807, 2.05) is 13.8 Å². The van der Waals surface area contributed by atoms with Gasteiger partial charge in [0.05, 0.1) is 0 Å². The Bertz CT molecular complexity index is 488. The Labute approximate surface area is 108 Å². The van der Waals surface area contributed by atoms with Gasteiger partial charge in [-0.15, -0.1) is 0 Å². The van der Waals surface area contributed by atoms with Crippen molar-refractivity contribution in [3.63, 3.8) is 0 Å². The van der Waals surface area contributed by atoms with Gasteiger partial charge in [0, 0.05) is 12.8 Å². The summed E-state index contributed by atoms with van der Waals surface area (Å²) in [6.07, 6.45) is 1.54. The van der Waals surface area contributed by atoms with Gasteiger partial charge in [-0.25, -0.2) is 0 Å². The van der Waals surface area contributed by atoms with E-state index in [9.17, 15) is 9.90 Å². The molecule has 1 rings (SSSR count). The molecule has 0 radical (unpaired) electrons. The topological polar surface area (TPSA) is 74.8 Å². The summed E-state index contributed by atoms with van der Waals surface area (Å²) in [5.74, 6) is -0.739. The van der Waals surface area contributed by atoms with Gasteiger partial charge in [0.25, 0.3) is 0 Å². The Morgan fingerprint density at radius 3 is 2.82 bits per heavy atom. The van der Waals surface area contributed by atoms with E-state index in [-0.39, 0.29) is 12.4 Å². The monoisotopic (exact) mass is 274 g/mol. The molecular weight excluding hydrogens is 260 g/mol. The van der Waals surface area contributed by atoms with Crippen LogP contribution in [0.3, 0.4) is 0 Å². The fourth-order valence-electron chi connectivity index (χ4n) is 1.12. The molecule has 17 heavy (non-hydrogen) atoms. The second-order valence-electron chi connectivity index (χ2n) is 3.92. The molecule has 0 saturated heterocycles. The Morgan fingerprint density at radius 2 is 2.29 bits per heavy atom. The zero-order valence-electron chi connectivity index (χ0n) is 9.58. The number of carboxylic acid groups (broad SMARTS) is 1. The lowest BCUT2D eigenvalue weighted by Crippen LogP contribution is -2.08. The molecule has 0 aromatic carbocycles. The number of nitrogens with zero attached hydrogens (tertiary/aromatic N) is 2. The summed E-state index contributed by atoms with van der Waals surface area (Å²) in [5.41, 5.74) is 0. The number of thiazole rings is 1. The van der Waals surface area contributed by atoms with Crippen molar-refractivity contribution in [2.45, 2.75) is 20.4 Å². The second-order valence-corrected chi connectivity index (χ2v) is 5.60. The van der Waals surface area contributed by atoms with Crippen molar-refractivity contribution in [3.05, 3.63) is 8.83 Å². The average Bonchev–Trinajstić information content (AvgIpc) is 2.45. The first-order valence-corrected chi connectivity index (χ1v) is 6.28. The smallest absolute Gasteiger partial charge is 0.323 e. The summed E-state index contributed by atoms with van der Waals surface area (Å²) in [7, 11) is 0. The summed E-state index contributed by atoms with van der Waals surface area (Å²) < 4.78 is 1.51. The van der Waals surface area contributed by atoms with E-state index in [2.05, 4.69) is 4.99 Å². The highest BCUT2D eigenvalue weighted by Crippen LogP contribution is 2.24. The van der Waals surface area contributed by atoms with E-state index in [0.29, 0.717) is 21.3 Å². The molecular formula is C10H14N2O3S2. The van der Waals surface area contributed by atoms with Crippen LogP contribution >= 0.6 is 23.6 Å². The van der Waals surface area contributed by atoms with E-state index in [0.717, 1.165) is 11.3 Å². The van der Waals surface area contributed by atoms with Crippen LogP contribution in [0, 0.1) is 9.87 Å². The predicted octanol–water partition coefficient (Wildman–Crippen LogP) is 2.14. The third kappa shape index (κ3) is 3.94. The lowest BCUT2D eigenvalue weighted by Gasteiger charge is -1.99. The molecule has 94 valence electrons. The first kappa shape index (κ1) is 13.9. The summed E-state index contributed by atoms with van der Waals surface area (Å²) in [6.45, 7) is 4.39. The zero-order valence-corrected chi connectivity index (χ0v) is 11.2. The minimum atomic E-state index is -1.04. The minimum Gasteiger partial charge on any atom is -0.493 e. The normalized spacial score (nSPS) is 11.5. The van der Waals surface area contributed by atoms with Crippen LogP contribution < -0.4 is 0 Å². The van der Waals surface area contributed by atoms with Crippen LogP contribution in [0.5, 0.6) is 5.88 Å². The van der Waals surface area contributed by atoms with Crippen LogP contribution in [0.1, 0.15) is 18.7 Å². The zero-order chi connectivity index (χ0) is 13.0. The molecule has 0 aliphatic heterocycles. The molecule has 1 aromatic rings. The van der Waals surface area contributed by atoms with Gasteiger partial charge in [-0.05, 0) is 18.1 Å². The summed E-state index contributed by atoms with van der Waals surface area (Å²) in [6, 6.07) is 0. The molecule has 7 heteroatoms. The Kier molecular flexibility index (Phi) is 4.83. The van der Waals surface area contributed by atoms with Gasteiger partial charge in [-0.1, -0.05) is 25.2 Å². The van der Waals surface area contributed by atoms with Gasteiger partial charge in [0.1, 0.15) is 11.4 Å². The molecule has 0 aliphatic rings. The Hall–Kier alpha value is -1.21. The van der Waals surface area contributed by atoms with Crippen LogP contribution in [-0.2, 0) is 11.3 Å². The number of aliphatic imine (C=N–C) groups is 1. The standard InChI is InChI=1S/C10H14N2O3S2/c1-6(2)3-11-4-7-9(15)12(5-8(13)14)10(16)17-7/h4,6,15H,3,5H2,1-2H3,(H,13,14). The van der Waals surface area contributed by atoms with Gasteiger partial charge in [-0.2, -0.15) is 0 Å². The molecule has 5 nitrogen and oxygen atoms in total. The van der Waals surface area contributed by atoms with Gasteiger partial charge >= 0.3 is 5.97 Å². The van der Waals surface area contributed by atoms with E-state index in [1.165, 1.54) is 10.8 Å². The van der Waals surface area contributed by atoms with Crippen LogP contribution in [0.2, 0.25) is 0 Å². The summed E-state index contributed by atoms with van der Waals surface area (Å²) in [5, 5.41) is 18.4. The van der Waals surface area contributed by atoms with E-state index < -0.39 is 5.97 Å². The molecule has 0 unspecified atom stereocenters. The molecule has 0 aliphatic carbocycles. The van der Waals surface area contributed by atoms with Gasteiger partial charge in [0.2, 0.25) is 5.88 Å². The maximum absolute atomic E-state index is 10.6. The number of hydrogen-bond acceptors (Lipinski definition) is 5. The van der Waals surface area contributed by atoms with Crippen molar-refractivity contribution < 1.29 is 15.0 Å². The SMILES string of the molecule is CC(C)CN=Cc1sc(=S)n(CC(=O)O)c1O. The number of carbonyl (C=O) groups is 1. The molecule has 0 bridgehead atoms. The lowest BCUT2D eigenvalue weighted by molar-refractivity contribution is -0.137. The van der Waals surface area contributed by atoms with E-state index >= 15 is 0 Å². The third-order valence-corrected chi connectivity index (χ3v) is 3.24. The van der Waals surface area contributed by atoms with E-state index in [1.54, 1.807) is 0 Å². The van der Waals surface area contributed by atoms with Gasteiger partial charge in [0.15, 0.2) is 3.95 Å². The Balaban J connectivity index is 2.92. The largest absolute Gasteiger partial charge is 0.493 e. The maximum atomic E-state index is 10.6. The average molecular weight is 274 g/mol. The number of aliphatic carboxylic acids is 1. The van der Waals surface area contributed by atoms with Crippen LogP contribution in [-0.4, -0.2) is 33.5 Å². The van der Waals surface area contributed by atoms with Crippen molar-refractivity contribution in [2.75, 3.05) is 6.54 Å².